The monoisotopic (exact) mass is 314 g/mol. The maximum absolute atomic E-state index is 13.4. The Morgan fingerprint density at radius 3 is 2.78 bits per heavy atom. The number of phenols is 1. The molecule has 2 aromatic rings. The standard InChI is InChI=1S/C17H15FN2O3/c18-11-2-3-15(21)12(8-11)14-9-13(19-20-14)10-1-4-16-17(7-10)23-6-5-22-16/h1-4,7-8,13,19,21H,5-6,9H2/t13-/m1/s1. The molecule has 1 atom stereocenters. The predicted molar refractivity (Wildman–Crippen MR) is 82.5 cm³/mol. The molecule has 118 valence electrons. The molecule has 2 heterocycles. The van der Waals surface area contributed by atoms with E-state index in [0.29, 0.717) is 30.9 Å². The zero-order valence-corrected chi connectivity index (χ0v) is 12.3. The van der Waals surface area contributed by atoms with Crippen molar-refractivity contribution < 1.29 is 19.0 Å². The predicted octanol–water partition coefficient (Wildman–Crippen LogP) is 2.74. The van der Waals surface area contributed by atoms with E-state index in [-0.39, 0.29) is 11.8 Å². The average molecular weight is 314 g/mol. The number of fused-ring (bicyclic) bond motifs is 1. The Morgan fingerprint density at radius 1 is 1.09 bits per heavy atom. The summed E-state index contributed by atoms with van der Waals surface area (Å²) in [6.07, 6.45) is 0.552. The molecule has 23 heavy (non-hydrogen) atoms. The van der Waals surface area contributed by atoms with Crippen molar-refractivity contribution in [2.45, 2.75) is 12.5 Å². The van der Waals surface area contributed by atoms with E-state index in [9.17, 15) is 9.50 Å². The molecule has 0 aliphatic carbocycles. The highest BCUT2D eigenvalue weighted by atomic mass is 19.1. The fourth-order valence-corrected chi connectivity index (χ4v) is 2.82. The highest BCUT2D eigenvalue weighted by Gasteiger charge is 2.25. The van der Waals surface area contributed by atoms with Crippen molar-refractivity contribution >= 4 is 5.71 Å². The fraction of sp³-hybridized carbons (Fsp3) is 0.235. The van der Waals surface area contributed by atoms with Gasteiger partial charge in [0.05, 0.1) is 11.8 Å². The summed E-state index contributed by atoms with van der Waals surface area (Å²) in [5, 5.41) is 14.1. The van der Waals surface area contributed by atoms with Gasteiger partial charge in [-0.05, 0) is 35.9 Å². The number of phenolic OH excluding ortho intramolecular Hbond substituents is 1. The number of aromatic hydroxyl groups is 1. The van der Waals surface area contributed by atoms with Gasteiger partial charge in [0.2, 0.25) is 0 Å². The van der Waals surface area contributed by atoms with Gasteiger partial charge in [-0.2, -0.15) is 5.10 Å². The summed E-state index contributed by atoms with van der Waals surface area (Å²) < 4.78 is 24.5. The van der Waals surface area contributed by atoms with Crippen LogP contribution in [0.4, 0.5) is 4.39 Å². The van der Waals surface area contributed by atoms with Crippen molar-refractivity contribution in [3.05, 3.63) is 53.3 Å². The van der Waals surface area contributed by atoms with Crippen molar-refractivity contribution in [3.8, 4) is 17.2 Å². The van der Waals surface area contributed by atoms with Crippen LogP contribution in [-0.4, -0.2) is 24.0 Å². The number of ether oxygens (including phenoxy) is 2. The molecule has 2 aliphatic rings. The number of nitrogens with one attached hydrogen (secondary N) is 1. The Hall–Kier alpha value is -2.76. The minimum atomic E-state index is -0.400. The van der Waals surface area contributed by atoms with Gasteiger partial charge in [-0.15, -0.1) is 0 Å². The van der Waals surface area contributed by atoms with Crippen LogP contribution in [0, 0.1) is 5.82 Å². The topological polar surface area (TPSA) is 63.1 Å². The second kappa shape index (κ2) is 5.46. The molecule has 0 unspecified atom stereocenters. The molecule has 0 radical (unpaired) electrons. The largest absolute Gasteiger partial charge is 0.507 e. The van der Waals surface area contributed by atoms with E-state index in [2.05, 4.69) is 10.5 Å². The second-order valence-electron chi connectivity index (χ2n) is 5.51. The Labute approximate surface area is 132 Å². The normalized spacial score (nSPS) is 19.2. The van der Waals surface area contributed by atoms with Crippen LogP contribution in [0.25, 0.3) is 0 Å². The summed E-state index contributed by atoms with van der Waals surface area (Å²) in [5.41, 5.74) is 5.08. The molecule has 0 aromatic heterocycles. The van der Waals surface area contributed by atoms with E-state index < -0.39 is 5.82 Å². The van der Waals surface area contributed by atoms with Crippen LogP contribution in [0.1, 0.15) is 23.6 Å². The second-order valence-corrected chi connectivity index (χ2v) is 5.51. The van der Waals surface area contributed by atoms with Gasteiger partial charge in [0.1, 0.15) is 24.8 Å². The number of hydrazone groups is 1. The number of nitrogens with zero attached hydrogens (tertiary/aromatic N) is 1. The Morgan fingerprint density at radius 2 is 1.91 bits per heavy atom. The first-order valence-electron chi connectivity index (χ1n) is 7.41. The first-order chi connectivity index (χ1) is 11.2. The molecule has 0 fully saturated rings. The van der Waals surface area contributed by atoms with E-state index in [0.717, 1.165) is 17.1 Å². The van der Waals surface area contributed by atoms with Gasteiger partial charge < -0.3 is 20.0 Å². The quantitative estimate of drug-likeness (QED) is 0.895. The first-order valence-corrected chi connectivity index (χ1v) is 7.41. The summed E-state index contributed by atoms with van der Waals surface area (Å²) in [4.78, 5) is 0. The third-order valence-electron chi connectivity index (χ3n) is 3.99. The molecule has 2 aliphatic heterocycles. The van der Waals surface area contributed by atoms with Gasteiger partial charge >= 0.3 is 0 Å². The van der Waals surface area contributed by atoms with Crippen LogP contribution < -0.4 is 14.9 Å². The van der Waals surface area contributed by atoms with E-state index in [1.807, 2.05) is 18.2 Å². The molecule has 5 nitrogen and oxygen atoms in total. The number of hydrogen-bond donors (Lipinski definition) is 2. The highest BCUT2D eigenvalue weighted by Crippen LogP contribution is 2.35. The lowest BCUT2D eigenvalue weighted by Gasteiger charge is -2.20. The molecule has 6 heteroatoms. The lowest BCUT2D eigenvalue weighted by Crippen LogP contribution is -2.16. The van der Waals surface area contributed by atoms with Gasteiger partial charge in [0.15, 0.2) is 11.5 Å². The van der Waals surface area contributed by atoms with Crippen molar-refractivity contribution in [2.24, 2.45) is 5.10 Å². The summed E-state index contributed by atoms with van der Waals surface area (Å²) in [7, 11) is 0. The molecule has 0 saturated carbocycles. The zero-order valence-electron chi connectivity index (χ0n) is 12.3. The summed E-state index contributed by atoms with van der Waals surface area (Å²) in [6, 6.07) is 9.56. The van der Waals surface area contributed by atoms with E-state index in [1.165, 1.54) is 18.2 Å². The van der Waals surface area contributed by atoms with Gasteiger partial charge in [-0.1, -0.05) is 6.07 Å². The molecule has 0 spiro atoms. The van der Waals surface area contributed by atoms with Crippen LogP contribution in [-0.2, 0) is 0 Å². The minimum Gasteiger partial charge on any atom is -0.507 e. The lowest BCUT2D eigenvalue weighted by atomic mass is 9.98. The van der Waals surface area contributed by atoms with Gasteiger partial charge in [0.25, 0.3) is 0 Å². The highest BCUT2D eigenvalue weighted by molar-refractivity contribution is 6.03. The Balaban J connectivity index is 1.57. The molecule has 2 N–H and O–H groups in total. The maximum Gasteiger partial charge on any atom is 0.161 e. The smallest absolute Gasteiger partial charge is 0.161 e. The fourth-order valence-electron chi connectivity index (χ4n) is 2.82. The van der Waals surface area contributed by atoms with Crippen LogP contribution in [0.2, 0.25) is 0 Å². The van der Waals surface area contributed by atoms with Gasteiger partial charge in [0, 0.05) is 12.0 Å². The van der Waals surface area contributed by atoms with Crippen molar-refractivity contribution in [3.63, 3.8) is 0 Å². The van der Waals surface area contributed by atoms with Crippen LogP contribution >= 0.6 is 0 Å². The molecule has 0 amide bonds. The molecule has 0 bridgehead atoms. The maximum atomic E-state index is 13.4. The summed E-state index contributed by atoms with van der Waals surface area (Å²) >= 11 is 0. The third kappa shape index (κ3) is 2.56. The molecule has 0 saturated heterocycles. The average Bonchev–Trinajstić information content (AvgIpc) is 3.06. The van der Waals surface area contributed by atoms with Crippen molar-refractivity contribution in [1.82, 2.24) is 5.43 Å². The number of hydrogen-bond acceptors (Lipinski definition) is 5. The van der Waals surface area contributed by atoms with Crippen LogP contribution in [0.15, 0.2) is 41.5 Å². The van der Waals surface area contributed by atoms with Crippen molar-refractivity contribution in [2.75, 3.05) is 13.2 Å². The number of halogens is 1. The summed E-state index contributed by atoms with van der Waals surface area (Å²) in [6.45, 7) is 1.09. The molecule has 4 rings (SSSR count). The van der Waals surface area contributed by atoms with E-state index in [4.69, 9.17) is 9.47 Å². The minimum absolute atomic E-state index is 0.0229. The lowest BCUT2D eigenvalue weighted by molar-refractivity contribution is 0.171. The van der Waals surface area contributed by atoms with Crippen molar-refractivity contribution in [1.29, 1.82) is 0 Å². The SMILES string of the molecule is Oc1ccc(F)cc1C1=NN[C@@H](c2ccc3c(c2)OCCO3)C1. The van der Waals surface area contributed by atoms with E-state index >= 15 is 0 Å². The van der Waals surface area contributed by atoms with Crippen LogP contribution in [0.5, 0.6) is 17.2 Å². The molecular weight excluding hydrogens is 299 g/mol. The molecular formula is C17H15FN2O3. The zero-order chi connectivity index (χ0) is 15.8. The number of rotatable bonds is 2. The first kappa shape index (κ1) is 13.9. The Bertz CT molecular complexity index is 791. The van der Waals surface area contributed by atoms with Gasteiger partial charge in [-0.3, -0.25) is 0 Å². The number of benzene rings is 2. The van der Waals surface area contributed by atoms with Crippen LogP contribution in [0.3, 0.4) is 0 Å². The Kier molecular flexibility index (Phi) is 3.29. The third-order valence-corrected chi connectivity index (χ3v) is 3.99. The molecule has 2 aromatic carbocycles. The summed E-state index contributed by atoms with van der Waals surface area (Å²) in [5.74, 6) is 1.08. The van der Waals surface area contributed by atoms with E-state index in [1.54, 1.807) is 0 Å². The van der Waals surface area contributed by atoms with Gasteiger partial charge in [-0.25, -0.2) is 4.39 Å².